The molecule has 3 fully saturated rings. The van der Waals surface area contributed by atoms with E-state index in [1.165, 1.54) is 13.5 Å². The first-order chi connectivity index (χ1) is 5.66. The summed E-state index contributed by atoms with van der Waals surface area (Å²) in [5.74, 6) is 0.578. The second-order valence-corrected chi connectivity index (χ2v) is 4.16. The van der Waals surface area contributed by atoms with Gasteiger partial charge in [-0.05, 0) is 25.2 Å². The maximum absolute atomic E-state index is 11.4. The van der Waals surface area contributed by atoms with E-state index in [0.717, 1.165) is 12.8 Å². The van der Waals surface area contributed by atoms with Gasteiger partial charge in [0.15, 0.2) is 0 Å². The SMILES string of the molecule is COC(=O)[C@@]12CC(C[C@@H](C)C1)N2. The van der Waals surface area contributed by atoms with Crippen LogP contribution in [0.2, 0.25) is 0 Å². The van der Waals surface area contributed by atoms with Gasteiger partial charge in [-0.15, -0.1) is 0 Å². The second kappa shape index (κ2) is 2.46. The molecule has 1 unspecified atom stereocenters. The molecule has 1 saturated carbocycles. The number of rotatable bonds is 1. The molecular weight excluding hydrogens is 154 g/mol. The van der Waals surface area contributed by atoms with Crippen LogP contribution in [-0.2, 0) is 9.53 Å². The van der Waals surface area contributed by atoms with Crippen LogP contribution >= 0.6 is 0 Å². The molecule has 0 aromatic rings. The Balaban J connectivity index is 2.08. The van der Waals surface area contributed by atoms with Crippen LogP contribution in [0, 0.1) is 5.92 Å². The molecule has 0 amide bonds. The smallest absolute Gasteiger partial charge is 0.326 e. The highest BCUT2D eigenvalue weighted by atomic mass is 16.5. The van der Waals surface area contributed by atoms with Gasteiger partial charge in [0.05, 0.1) is 7.11 Å². The van der Waals surface area contributed by atoms with Gasteiger partial charge in [-0.25, -0.2) is 0 Å². The predicted octanol–water partition coefficient (Wildman–Crippen LogP) is 0.690. The Bertz CT molecular complexity index is 209. The van der Waals surface area contributed by atoms with Crippen LogP contribution in [0.15, 0.2) is 0 Å². The summed E-state index contributed by atoms with van der Waals surface area (Å²) in [5, 5.41) is 3.30. The summed E-state index contributed by atoms with van der Waals surface area (Å²) in [5.41, 5.74) is -0.308. The maximum Gasteiger partial charge on any atom is 0.326 e. The Morgan fingerprint density at radius 2 is 2.25 bits per heavy atom. The molecule has 3 rings (SSSR count). The van der Waals surface area contributed by atoms with Crippen LogP contribution in [0.4, 0.5) is 0 Å². The molecule has 12 heavy (non-hydrogen) atoms. The highest BCUT2D eigenvalue weighted by Gasteiger charge is 2.54. The molecule has 3 aliphatic rings. The van der Waals surface area contributed by atoms with Crippen molar-refractivity contribution in [3.8, 4) is 0 Å². The first-order valence-electron chi connectivity index (χ1n) is 4.52. The highest BCUT2D eigenvalue weighted by molar-refractivity contribution is 5.82. The minimum absolute atomic E-state index is 0.0784. The van der Waals surface area contributed by atoms with Crippen molar-refractivity contribution in [2.45, 2.75) is 37.8 Å². The van der Waals surface area contributed by atoms with Gasteiger partial charge in [-0.1, -0.05) is 6.92 Å². The maximum atomic E-state index is 11.4. The third-order valence-electron chi connectivity index (χ3n) is 3.04. The van der Waals surface area contributed by atoms with Crippen LogP contribution in [0.1, 0.15) is 26.2 Å². The van der Waals surface area contributed by atoms with Crippen molar-refractivity contribution in [3.63, 3.8) is 0 Å². The molecule has 3 nitrogen and oxygen atoms in total. The minimum atomic E-state index is -0.308. The summed E-state index contributed by atoms with van der Waals surface area (Å²) in [4.78, 5) is 11.4. The number of fused-ring (bicyclic) bond motifs is 2. The number of piperidine rings is 1. The van der Waals surface area contributed by atoms with Crippen LogP contribution < -0.4 is 5.32 Å². The van der Waals surface area contributed by atoms with Gasteiger partial charge in [-0.2, -0.15) is 0 Å². The van der Waals surface area contributed by atoms with Gasteiger partial charge in [0.2, 0.25) is 0 Å². The van der Waals surface area contributed by atoms with Crippen LogP contribution in [0.25, 0.3) is 0 Å². The predicted molar refractivity (Wildman–Crippen MR) is 44.7 cm³/mol. The quantitative estimate of drug-likeness (QED) is 0.587. The lowest BCUT2D eigenvalue weighted by Crippen LogP contribution is -2.71. The van der Waals surface area contributed by atoms with Gasteiger partial charge in [-0.3, -0.25) is 10.1 Å². The van der Waals surface area contributed by atoms with Crippen LogP contribution in [0.3, 0.4) is 0 Å². The molecular formula is C9H15NO2. The van der Waals surface area contributed by atoms with Gasteiger partial charge >= 0.3 is 5.97 Å². The Morgan fingerprint density at radius 3 is 2.75 bits per heavy atom. The number of carbonyl (C=O) groups excluding carboxylic acids is 1. The van der Waals surface area contributed by atoms with E-state index in [-0.39, 0.29) is 11.5 Å². The number of hydrogen-bond donors (Lipinski definition) is 1. The van der Waals surface area contributed by atoms with Crippen molar-refractivity contribution >= 4 is 5.97 Å². The van der Waals surface area contributed by atoms with Crippen molar-refractivity contribution in [1.29, 1.82) is 0 Å². The molecule has 3 atom stereocenters. The van der Waals surface area contributed by atoms with E-state index >= 15 is 0 Å². The molecule has 2 saturated heterocycles. The number of methoxy groups -OCH3 is 1. The van der Waals surface area contributed by atoms with Crippen molar-refractivity contribution < 1.29 is 9.53 Å². The van der Waals surface area contributed by atoms with Crippen molar-refractivity contribution in [3.05, 3.63) is 0 Å². The number of nitrogens with one attached hydrogen (secondary N) is 1. The van der Waals surface area contributed by atoms with Gasteiger partial charge in [0, 0.05) is 6.04 Å². The van der Waals surface area contributed by atoms with Crippen molar-refractivity contribution in [1.82, 2.24) is 5.32 Å². The lowest BCUT2D eigenvalue weighted by atomic mass is 9.66. The molecule has 2 aliphatic heterocycles. The van der Waals surface area contributed by atoms with Gasteiger partial charge in [0.1, 0.15) is 5.54 Å². The first kappa shape index (κ1) is 8.05. The monoisotopic (exact) mass is 169 g/mol. The van der Waals surface area contributed by atoms with Gasteiger partial charge in [0.25, 0.3) is 0 Å². The lowest BCUT2D eigenvalue weighted by Gasteiger charge is -2.53. The zero-order valence-electron chi connectivity index (χ0n) is 7.59. The average molecular weight is 169 g/mol. The molecule has 68 valence electrons. The summed E-state index contributed by atoms with van der Waals surface area (Å²) >= 11 is 0. The van der Waals surface area contributed by atoms with E-state index in [1.54, 1.807) is 0 Å². The number of hydrogen-bond acceptors (Lipinski definition) is 3. The Kier molecular flexibility index (Phi) is 1.65. The number of carbonyl (C=O) groups is 1. The number of esters is 1. The summed E-state index contributed by atoms with van der Waals surface area (Å²) in [6.45, 7) is 2.20. The normalized spacial score (nSPS) is 44.8. The topological polar surface area (TPSA) is 38.3 Å². The van der Waals surface area contributed by atoms with Crippen molar-refractivity contribution in [2.75, 3.05) is 7.11 Å². The van der Waals surface area contributed by atoms with Crippen molar-refractivity contribution in [2.24, 2.45) is 5.92 Å². The molecule has 2 bridgehead atoms. The molecule has 0 spiro atoms. The van der Waals surface area contributed by atoms with Gasteiger partial charge < -0.3 is 4.74 Å². The molecule has 0 aromatic heterocycles. The molecule has 2 heterocycles. The van der Waals surface area contributed by atoms with Crippen LogP contribution in [0.5, 0.6) is 0 Å². The lowest BCUT2D eigenvalue weighted by molar-refractivity contribution is -0.158. The van der Waals surface area contributed by atoms with E-state index in [2.05, 4.69) is 12.2 Å². The fourth-order valence-corrected chi connectivity index (χ4v) is 2.66. The zero-order chi connectivity index (χ0) is 8.77. The number of ether oxygens (including phenoxy) is 1. The molecule has 0 radical (unpaired) electrons. The molecule has 1 aliphatic carbocycles. The third kappa shape index (κ3) is 0.959. The minimum Gasteiger partial charge on any atom is -0.468 e. The summed E-state index contributed by atoms with van der Waals surface area (Å²) in [7, 11) is 1.46. The second-order valence-electron chi connectivity index (χ2n) is 4.16. The summed E-state index contributed by atoms with van der Waals surface area (Å²) in [6, 6.07) is 0.563. The highest BCUT2D eigenvalue weighted by Crippen LogP contribution is 2.41. The zero-order valence-corrected chi connectivity index (χ0v) is 7.59. The molecule has 1 N–H and O–H groups in total. The third-order valence-corrected chi connectivity index (χ3v) is 3.04. The van der Waals surface area contributed by atoms with E-state index in [4.69, 9.17) is 4.74 Å². The van der Waals surface area contributed by atoms with E-state index < -0.39 is 0 Å². The first-order valence-corrected chi connectivity index (χ1v) is 4.52. The fraction of sp³-hybridized carbons (Fsp3) is 0.889. The molecule has 3 heteroatoms. The Labute approximate surface area is 72.5 Å². The summed E-state index contributed by atoms with van der Waals surface area (Å²) in [6.07, 6.45) is 3.12. The average Bonchev–Trinajstić information content (AvgIpc) is 2.00. The summed E-state index contributed by atoms with van der Waals surface area (Å²) < 4.78 is 4.78. The van der Waals surface area contributed by atoms with Crippen LogP contribution in [-0.4, -0.2) is 24.7 Å². The Hall–Kier alpha value is -0.570. The standard InChI is InChI=1S/C9H15NO2/c1-6-3-7-5-9(4-6,10-7)8(11)12-2/h6-7,10H,3-5H2,1-2H3/t6-,7?,9+/m1/s1. The molecule has 0 aromatic carbocycles. The fourth-order valence-electron chi connectivity index (χ4n) is 2.66. The van der Waals surface area contributed by atoms with E-state index in [9.17, 15) is 4.79 Å². The largest absolute Gasteiger partial charge is 0.468 e. The van der Waals surface area contributed by atoms with E-state index in [1.807, 2.05) is 0 Å². The Morgan fingerprint density at radius 1 is 1.58 bits per heavy atom. The van der Waals surface area contributed by atoms with E-state index in [0.29, 0.717) is 12.0 Å².